The van der Waals surface area contributed by atoms with Gasteiger partial charge in [-0.2, -0.15) is 0 Å². The number of nitrogens with zero attached hydrogens (tertiary/aromatic N) is 1. The highest BCUT2D eigenvalue weighted by Crippen LogP contribution is 2.34. The first-order valence-corrected chi connectivity index (χ1v) is 9.92. The van der Waals surface area contributed by atoms with Crippen LogP contribution in [0, 0.1) is 11.7 Å². The number of hydrogen-bond donors (Lipinski definition) is 1. The van der Waals surface area contributed by atoms with Gasteiger partial charge in [0.1, 0.15) is 5.82 Å². The summed E-state index contributed by atoms with van der Waals surface area (Å²) in [4.78, 5) is 2.54. The quantitative estimate of drug-likeness (QED) is 0.737. The number of aliphatic hydroxyl groups excluding tert-OH is 1. The fourth-order valence-electron chi connectivity index (χ4n) is 4.75. The average molecular weight is 390 g/mol. The van der Waals surface area contributed by atoms with Crippen LogP contribution in [0.5, 0.6) is 0 Å². The summed E-state index contributed by atoms with van der Waals surface area (Å²) >= 11 is 0. The number of aryl methyl sites for hydroxylation is 1. The first kappa shape index (κ1) is 20.3. The van der Waals surface area contributed by atoms with Crippen LogP contribution in [0.3, 0.4) is 0 Å². The standard InChI is InChI=1S/C23H28FNO.ClH/c24-21-6-3-5-20(15-21)18-10-12-25(13-11-18)16-17-8-9-19-4-1-2-7-22(19)23(26)14-17;/h1-7,15,17-18,23,26H,8-14,16H2;1H/t17-,23-;/m1./s1. The molecule has 1 aliphatic carbocycles. The van der Waals surface area contributed by atoms with Gasteiger partial charge in [0.2, 0.25) is 0 Å². The van der Waals surface area contributed by atoms with Gasteiger partial charge in [-0.3, -0.25) is 0 Å². The summed E-state index contributed by atoms with van der Waals surface area (Å²) in [6.45, 7) is 3.21. The maximum absolute atomic E-state index is 13.5. The predicted molar refractivity (Wildman–Crippen MR) is 110 cm³/mol. The van der Waals surface area contributed by atoms with Crippen LogP contribution in [-0.2, 0) is 6.42 Å². The van der Waals surface area contributed by atoms with Crippen LogP contribution in [0.2, 0.25) is 0 Å². The van der Waals surface area contributed by atoms with Crippen molar-refractivity contribution in [2.45, 2.75) is 44.1 Å². The Morgan fingerprint density at radius 1 is 1.00 bits per heavy atom. The van der Waals surface area contributed by atoms with E-state index < -0.39 is 0 Å². The Bertz CT molecular complexity index is 745. The van der Waals surface area contributed by atoms with Gasteiger partial charge >= 0.3 is 0 Å². The molecule has 2 aliphatic rings. The zero-order chi connectivity index (χ0) is 17.9. The van der Waals surface area contributed by atoms with Gasteiger partial charge in [0.15, 0.2) is 0 Å². The Morgan fingerprint density at radius 2 is 1.78 bits per heavy atom. The first-order valence-electron chi connectivity index (χ1n) is 9.92. The van der Waals surface area contributed by atoms with E-state index in [0.717, 1.165) is 62.9 Å². The molecule has 4 rings (SSSR count). The number of hydrogen-bond acceptors (Lipinski definition) is 2. The van der Waals surface area contributed by atoms with E-state index in [9.17, 15) is 9.50 Å². The molecule has 2 aromatic rings. The molecule has 0 radical (unpaired) electrons. The maximum Gasteiger partial charge on any atom is 0.123 e. The van der Waals surface area contributed by atoms with E-state index in [1.807, 2.05) is 12.1 Å². The van der Waals surface area contributed by atoms with E-state index in [1.165, 1.54) is 11.6 Å². The second-order valence-corrected chi connectivity index (χ2v) is 7.98. The maximum atomic E-state index is 13.5. The van der Waals surface area contributed by atoms with Crippen LogP contribution < -0.4 is 0 Å². The van der Waals surface area contributed by atoms with Crippen LogP contribution in [0.4, 0.5) is 4.39 Å². The fraction of sp³-hybridized carbons (Fsp3) is 0.478. The summed E-state index contributed by atoms with van der Waals surface area (Å²) in [7, 11) is 0. The Kier molecular flexibility index (Phi) is 6.91. The Morgan fingerprint density at radius 3 is 2.56 bits per heavy atom. The SMILES string of the molecule is Cl.O[C@@H]1C[C@H](CN2CCC(c3cccc(F)c3)CC2)CCc2ccccc21. The summed E-state index contributed by atoms with van der Waals surface area (Å²) < 4.78 is 13.5. The molecule has 27 heavy (non-hydrogen) atoms. The van der Waals surface area contributed by atoms with E-state index in [4.69, 9.17) is 0 Å². The molecular weight excluding hydrogens is 361 g/mol. The average Bonchev–Trinajstić information content (AvgIpc) is 2.82. The van der Waals surface area contributed by atoms with E-state index >= 15 is 0 Å². The number of likely N-dealkylation sites (tertiary alicyclic amines) is 1. The van der Waals surface area contributed by atoms with Crippen molar-refractivity contribution in [3.8, 4) is 0 Å². The van der Waals surface area contributed by atoms with Crippen LogP contribution in [0.25, 0.3) is 0 Å². The third-order valence-corrected chi connectivity index (χ3v) is 6.22. The highest BCUT2D eigenvalue weighted by Gasteiger charge is 2.27. The number of benzene rings is 2. The van der Waals surface area contributed by atoms with E-state index in [0.29, 0.717) is 11.8 Å². The number of aliphatic hydroxyl groups is 1. The van der Waals surface area contributed by atoms with Gasteiger partial charge in [-0.05, 0) is 85.9 Å². The van der Waals surface area contributed by atoms with Crippen molar-refractivity contribution in [1.29, 1.82) is 0 Å². The summed E-state index contributed by atoms with van der Waals surface area (Å²) in [5.74, 6) is 0.894. The Labute approximate surface area is 167 Å². The van der Waals surface area contributed by atoms with Crippen molar-refractivity contribution in [3.05, 3.63) is 71.0 Å². The molecule has 1 fully saturated rings. The van der Waals surface area contributed by atoms with Gasteiger partial charge in [-0.25, -0.2) is 4.39 Å². The van der Waals surface area contributed by atoms with Gasteiger partial charge < -0.3 is 10.0 Å². The molecule has 0 unspecified atom stereocenters. The molecule has 1 saturated heterocycles. The molecule has 2 nitrogen and oxygen atoms in total. The van der Waals surface area contributed by atoms with Gasteiger partial charge in [-0.15, -0.1) is 12.4 Å². The fourth-order valence-corrected chi connectivity index (χ4v) is 4.75. The molecular formula is C23H29ClFNO. The van der Waals surface area contributed by atoms with Gasteiger partial charge in [0.25, 0.3) is 0 Å². The summed E-state index contributed by atoms with van der Waals surface area (Å²) in [6, 6.07) is 15.4. The van der Waals surface area contributed by atoms with E-state index in [2.05, 4.69) is 29.2 Å². The van der Waals surface area contributed by atoms with E-state index in [1.54, 1.807) is 6.07 Å². The van der Waals surface area contributed by atoms with Crippen molar-refractivity contribution in [3.63, 3.8) is 0 Å². The highest BCUT2D eigenvalue weighted by molar-refractivity contribution is 5.85. The first-order chi connectivity index (χ1) is 12.7. The van der Waals surface area contributed by atoms with Crippen molar-refractivity contribution in [2.75, 3.05) is 19.6 Å². The van der Waals surface area contributed by atoms with Crippen LogP contribution in [0.1, 0.15) is 54.4 Å². The molecule has 0 aromatic heterocycles. The van der Waals surface area contributed by atoms with Gasteiger partial charge in [-0.1, -0.05) is 36.4 Å². The third kappa shape index (κ3) is 4.90. The molecule has 0 saturated carbocycles. The van der Waals surface area contributed by atoms with E-state index in [-0.39, 0.29) is 24.3 Å². The monoisotopic (exact) mass is 389 g/mol. The van der Waals surface area contributed by atoms with Gasteiger partial charge in [0.05, 0.1) is 6.10 Å². The molecule has 1 heterocycles. The van der Waals surface area contributed by atoms with Crippen LogP contribution in [0.15, 0.2) is 48.5 Å². The predicted octanol–water partition coefficient (Wildman–Crippen LogP) is 5.11. The molecule has 146 valence electrons. The highest BCUT2D eigenvalue weighted by atomic mass is 35.5. The minimum absolute atomic E-state index is 0. The second-order valence-electron chi connectivity index (χ2n) is 7.98. The number of halogens is 2. The minimum Gasteiger partial charge on any atom is -0.388 e. The van der Waals surface area contributed by atoms with Crippen LogP contribution in [-0.4, -0.2) is 29.6 Å². The van der Waals surface area contributed by atoms with Crippen LogP contribution >= 0.6 is 12.4 Å². The molecule has 1 N–H and O–H groups in total. The second kappa shape index (κ2) is 9.18. The van der Waals surface area contributed by atoms with Crippen molar-refractivity contribution >= 4 is 12.4 Å². The summed E-state index contributed by atoms with van der Waals surface area (Å²) in [6.07, 6.45) is 4.94. The normalized spacial score (nSPS) is 23.9. The minimum atomic E-state index is -0.330. The number of piperidine rings is 1. The lowest BCUT2D eigenvalue weighted by Crippen LogP contribution is -2.36. The smallest absolute Gasteiger partial charge is 0.123 e. The molecule has 0 amide bonds. The van der Waals surface area contributed by atoms with Gasteiger partial charge in [0, 0.05) is 6.54 Å². The lowest BCUT2D eigenvalue weighted by Gasteiger charge is -2.34. The van der Waals surface area contributed by atoms with Crippen molar-refractivity contribution < 1.29 is 9.50 Å². The number of rotatable bonds is 3. The van der Waals surface area contributed by atoms with Crippen molar-refractivity contribution in [2.24, 2.45) is 5.92 Å². The lowest BCUT2D eigenvalue weighted by molar-refractivity contribution is 0.117. The Balaban J connectivity index is 0.00000210. The largest absolute Gasteiger partial charge is 0.388 e. The zero-order valence-electron chi connectivity index (χ0n) is 15.7. The summed E-state index contributed by atoms with van der Waals surface area (Å²) in [5.41, 5.74) is 3.58. The summed E-state index contributed by atoms with van der Waals surface area (Å²) in [5, 5.41) is 10.6. The van der Waals surface area contributed by atoms with Crippen molar-refractivity contribution in [1.82, 2.24) is 4.90 Å². The lowest BCUT2D eigenvalue weighted by atomic mass is 9.88. The molecule has 0 bridgehead atoms. The Hall–Kier alpha value is -1.42. The zero-order valence-corrected chi connectivity index (χ0v) is 16.5. The molecule has 0 spiro atoms. The molecule has 1 aliphatic heterocycles. The molecule has 2 aromatic carbocycles. The number of fused-ring (bicyclic) bond motifs is 1. The third-order valence-electron chi connectivity index (χ3n) is 6.22. The molecule has 2 atom stereocenters. The topological polar surface area (TPSA) is 23.5 Å². The molecule has 4 heteroatoms.